The van der Waals surface area contributed by atoms with E-state index in [1.54, 1.807) is 0 Å². The van der Waals surface area contributed by atoms with Gasteiger partial charge in [-0.25, -0.2) is 0 Å². The maximum Gasteiger partial charge on any atom is -0.0184 e. The van der Waals surface area contributed by atoms with Crippen molar-refractivity contribution >= 4 is 38.7 Å². The summed E-state index contributed by atoms with van der Waals surface area (Å²) in [5.74, 6) is 0. The molecule has 0 heterocycles. The van der Waals surface area contributed by atoms with Crippen LogP contribution >= 0.6 is 0 Å². The monoisotopic (exact) mass is 320 g/mol. The molecule has 0 nitrogen and oxygen atoms in total. The van der Waals surface area contributed by atoms with Gasteiger partial charge in [0.25, 0.3) is 0 Å². The second-order valence-corrected chi connectivity index (χ2v) is 7.53. The van der Waals surface area contributed by atoms with E-state index >= 15 is 0 Å². The molecule has 1 heteroatoms. The Labute approximate surface area is 161 Å². The number of fused-ring (bicyclic) bond motifs is 1. The summed E-state index contributed by atoms with van der Waals surface area (Å²) >= 11 is 1.41. The zero-order valence-electron chi connectivity index (χ0n) is 15.4. The van der Waals surface area contributed by atoms with Crippen molar-refractivity contribution in [3.8, 4) is 0 Å². The number of hydrogen-bond acceptors (Lipinski definition) is 0. The molecule has 0 aliphatic rings. The molecular formula is C22H33Na. The van der Waals surface area contributed by atoms with E-state index in [0.29, 0.717) is 0 Å². The summed E-state index contributed by atoms with van der Waals surface area (Å²) in [5.41, 5.74) is 0. The minimum Gasteiger partial charge on any atom is -0.0616 e. The van der Waals surface area contributed by atoms with Gasteiger partial charge in [-0.05, 0) is 10.8 Å². The Morgan fingerprint density at radius 3 is 1.26 bits per heavy atom. The van der Waals surface area contributed by atoms with Crippen LogP contribution in [-0.4, -0.2) is 27.9 Å². The van der Waals surface area contributed by atoms with E-state index < -0.39 is 0 Å². The topological polar surface area (TPSA) is 0 Å². The van der Waals surface area contributed by atoms with Crippen LogP contribution in [0.25, 0.3) is 10.8 Å². The van der Waals surface area contributed by atoms with Crippen LogP contribution in [0.5, 0.6) is 0 Å². The van der Waals surface area contributed by atoms with Gasteiger partial charge in [-0.1, -0.05) is 48.5 Å². The molecule has 0 fully saturated rings. The Balaban J connectivity index is 0.000000235. The third-order valence-electron chi connectivity index (χ3n) is 4.37. The van der Waals surface area contributed by atoms with Gasteiger partial charge >= 0.3 is 103 Å². The Kier molecular flexibility index (Phi) is 13.7. The van der Waals surface area contributed by atoms with Crippen LogP contribution in [0.15, 0.2) is 48.5 Å². The minimum atomic E-state index is 1.31. The summed E-state index contributed by atoms with van der Waals surface area (Å²) in [6, 6.07) is 16.7. The number of hydrogen-bond donors (Lipinski definition) is 0. The predicted octanol–water partition coefficient (Wildman–Crippen LogP) is 7.33. The molecule has 0 aromatic heterocycles. The summed E-state index contributed by atoms with van der Waals surface area (Å²) < 4.78 is 1.51. The van der Waals surface area contributed by atoms with Crippen molar-refractivity contribution in [2.24, 2.45) is 0 Å². The van der Waals surface area contributed by atoms with E-state index in [4.69, 9.17) is 0 Å². The van der Waals surface area contributed by atoms with Crippen molar-refractivity contribution in [1.82, 2.24) is 0 Å². The van der Waals surface area contributed by atoms with E-state index in [9.17, 15) is 0 Å². The fourth-order valence-corrected chi connectivity index (χ4v) is 3.37. The second-order valence-electron chi connectivity index (χ2n) is 6.53. The van der Waals surface area contributed by atoms with E-state index in [-0.39, 0.29) is 0 Å². The van der Waals surface area contributed by atoms with Crippen LogP contribution in [-0.2, 0) is 0 Å². The van der Waals surface area contributed by atoms with Crippen LogP contribution in [0.3, 0.4) is 0 Å². The third kappa shape index (κ3) is 11.0. The van der Waals surface area contributed by atoms with Crippen molar-refractivity contribution in [3.05, 3.63) is 48.5 Å². The molecule has 2 aromatic carbocycles. The normalized spacial score (nSPS) is 10.4. The van der Waals surface area contributed by atoms with Crippen LogP contribution in [0, 0.1) is 0 Å². The number of benzene rings is 2. The first-order valence-corrected chi connectivity index (χ1v) is 11.2. The third-order valence-corrected chi connectivity index (χ3v) is 5.07. The van der Waals surface area contributed by atoms with Crippen molar-refractivity contribution in [1.29, 1.82) is 0 Å². The summed E-state index contributed by atoms with van der Waals surface area (Å²) in [7, 11) is 0. The standard InChI is InChI=1S/C12H25.C10H8.Na/c1-3-5-7-9-11-12-10-8-6-4-2;1-2-6-10-8-4-3-7-9(10)5-1;/h1,3-12H2,2H3;1-8H;. The van der Waals surface area contributed by atoms with Crippen LogP contribution in [0.2, 0.25) is 3.67 Å². The summed E-state index contributed by atoms with van der Waals surface area (Å²) in [4.78, 5) is 0. The molecule has 0 saturated carbocycles. The van der Waals surface area contributed by atoms with Gasteiger partial charge in [0.2, 0.25) is 0 Å². The van der Waals surface area contributed by atoms with Crippen LogP contribution in [0.4, 0.5) is 0 Å². The Hall–Kier alpha value is -0.300. The van der Waals surface area contributed by atoms with Gasteiger partial charge in [0.05, 0.1) is 0 Å². The molecule has 0 aliphatic carbocycles. The van der Waals surface area contributed by atoms with Gasteiger partial charge < -0.3 is 0 Å². The molecule has 0 unspecified atom stereocenters. The first kappa shape index (κ1) is 20.7. The Morgan fingerprint density at radius 2 is 0.913 bits per heavy atom. The maximum absolute atomic E-state index is 2.29. The molecule has 0 aliphatic heterocycles. The quantitative estimate of drug-likeness (QED) is 0.317. The molecule has 122 valence electrons. The molecule has 0 radical (unpaired) electrons. The van der Waals surface area contributed by atoms with Crippen LogP contribution < -0.4 is 0 Å². The van der Waals surface area contributed by atoms with Crippen molar-refractivity contribution in [2.75, 3.05) is 0 Å². The predicted molar refractivity (Wildman–Crippen MR) is 106 cm³/mol. The average Bonchev–Trinajstić information content (AvgIpc) is 2.61. The molecule has 0 spiro atoms. The SMILES string of the molecule is CCCCCCCCCCC[CH2][Na].c1ccc2ccccc2c1. The minimum absolute atomic E-state index is 1.31. The number of unbranched alkanes of at least 4 members (excludes halogenated alkanes) is 9. The molecule has 23 heavy (non-hydrogen) atoms. The molecule has 2 aromatic rings. The first-order chi connectivity index (χ1) is 11.4. The van der Waals surface area contributed by atoms with Gasteiger partial charge in [0, 0.05) is 0 Å². The molecule has 0 N–H and O–H groups in total. The fourth-order valence-electron chi connectivity index (χ4n) is 2.87. The zero-order chi connectivity index (χ0) is 16.6. The summed E-state index contributed by atoms with van der Waals surface area (Å²) in [6.07, 6.45) is 14.7. The Morgan fingerprint density at radius 1 is 0.565 bits per heavy atom. The van der Waals surface area contributed by atoms with Crippen LogP contribution in [0.1, 0.15) is 71.1 Å². The molecule has 0 amide bonds. The van der Waals surface area contributed by atoms with E-state index in [2.05, 4.69) is 55.5 Å². The molecule has 0 atom stereocenters. The van der Waals surface area contributed by atoms with Gasteiger partial charge in [-0.3, -0.25) is 0 Å². The zero-order valence-corrected chi connectivity index (χ0v) is 17.4. The summed E-state index contributed by atoms with van der Waals surface area (Å²) in [5, 5.41) is 2.62. The fraction of sp³-hybridized carbons (Fsp3) is 0.545. The maximum atomic E-state index is 2.29. The average molecular weight is 320 g/mol. The van der Waals surface area contributed by atoms with Crippen molar-refractivity contribution < 1.29 is 0 Å². The molecule has 0 bridgehead atoms. The van der Waals surface area contributed by atoms with Crippen molar-refractivity contribution in [2.45, 2.75) is 74.8 Å². The first-order valence-electron chi connectivity index (χ1n) is 9.82. The summed E-state index contributed by atoms with van der Waals surface area (Å²) in [6.45, 7) is 2.29. The largest absolute Gasteiger partial charge is 0.0616 e. The molecule has 2 rings (SSSR count). The Bertz CT molecular complexity index is 417. The van der Waals surface area contributed by atoms with Crippen molar-refractivity contribution in [3.63, 3.8) is 0 Å². The smallest absolute Gasteiger partial charge is 0.0184 e. The van der Waals surface area contributed by atoms with Gasteiger partial charge in [-0.2, -0.15) is 0 Å². The molecular weight excluding hydrogens is 287 g/mol. The number of rotatable bonds is 10. The van der Waals surface area contributed by atoms with Gasteiger partial charge in [-0.15, -0.1) is 0 Å². The van der Waals surface area contributed by atoms with E-state index in [1.807, 2.05) is 0 Å². The van der Waals surface area contributed by atoms with E-state index in [0.717, 1.165) is 0 Å². The van der Waals surface area contributed by atoms with Gasteiger partial charge in [0.15, 0.2) is 0 Å². The second kappa shape index (κ2) is 15.2. The van der Waals surface area contributed by atoms with Gasteiger partial charge in [0.1, 0.15) is 0 Å². The van der Waals surface area contributed by atoms with E-state index in [1.165, 1.54) is 107 Å². The molecule has 0 saturated heterocycles.